The van der Waals surface area contributed by atoms with Gasteiger partial charge >= 0.3 is 12.1 Å². The first-order valence-corrected chi connectivity index (χ1v) is 13.2. The third-order valence-corrected chi connectivity index (χ3v) is 6.86. The largest absolute Gasteiger partial charge is 0.460 e. The molecular formula is C27H25ClF3N3O4S. The zero-order chi connectivity index (χ0) is 28.5. The number of alkyl halides is 3. The van der Waals surface area contributed by atoms with Crippen LogP contribution >= 0.6 is 23.4 Å². The van der Waals surface area contributed by atoms with Crippen LogP contribution in [0, 0.1) is 0 Å². The van der Waals surface area contributed by atoms with Crippen molar-refractivity contribution in [3.05, 3.63) is 69.2 Å². The minimum atomic E-state index is -4.56. The van der Waals surface area contributed by atoms with Gasteiger partial charge in [0, 0.05) is 23.4 Å². The zero-order valence-corrected chi connectivity index (χ0v) is 22.9. The van der Waals surface area contributed by atoms with Gasteiger partial charge in [0.25, 0.3) is 11.1 Å². The molecule has 39 heavy (non-hydrogen) atoms. The van der Waals surface area contributed by atoms with Crippen molar-refractivity contribution in [2.45, 2.75) is 51.9 Å². The molecule has 7 nitrogen and oxygen atoms in total. The molecule has 0 aliphatic carbocycles. The average molecular weight is 580 g/mol. The van der Waals surface area contributed by atoms with Crippen LogP contribution in [0.4, 0.5) is 18.0 Å². The Morgan fingerprint density at radius 3 is 2.56 bits per heavy atom. The van der Waals surface area contributed by atoms with E-state index in [1.807, 2.05) is 0 Å². The predicted octanol–water partition coefficient (Wildman–Crippen LogP) is 6.92. The van der Waals surface area contributed by atoms with Crippen molar-refractivity contribution >= 4 is 57.5 Å². The summed E-state index contributed by atoms with van der Waals surface area (Å²) in [7, 11) is 0. The Balaban J connectivity index is 1.46. The van der Waals surface area contributed by atoms with Crippen molar-refractivity contribution in [1.82, 2.24) is 14.7 Å². The Hall–Kier alpha value is -3.31. The summed E-state index contributed by atoms with van der Waals surface area (Å²) in [6, 6.07) is 8.76. The number of thioether (sulfide) groups is 1. The lowest BCUT2D eigenvalue weighted by Crippen LogP contribution is -2.30. The second kappa shape index (κ2) is 11.1. The fourth-order valence-corrected chi connectivity index (χ4v) is 5.09. The van der Waals surface area contributed by atoms with Crippen LogP contribution in [0.1, 0.15) is 50.3 Å². The SMILES string of the molecule is CC(C)(C)OC(=O)CCCN1C(=O)S/C(=C/c2ccc3c(cnn3Cc3ccc(Cl)cc3C(F)(F)F)c2)C1=O. The number of imide groups is 1. The maximum atomic E-state index is 13.5. The molecule has 2 amide bonds. The summed E-state index contributed by atoms with van der Waals surface area (Å²) < 4.78 is 47.2. The summed E-state index contributed by atoms with van der Waals surface area (Å²) in [6.07, 6.45) is -1.09. The van der Waals surface area contributed by atoms with Gasteiger partial charge < -0.3 is 4.74 Å². The third kappa shape index (κ3) is 7.02. The summed E-state index contributed by atoms with van der Waals surface area (Å²) in [5.41, 5.74) is -0.172. The first kappa shape index (κ1) is 28.7. The van der Waals surface area contributed by atoms with Crippen molar-refractivity contribution in [1.29, 1.82) is 0 Å². The van der Waals surface area contributed by atoms with E-state index in [1.54, 1.807) is 45.0 Å². The van der Waals surface area contributed by atoms with Crippen LogP contribution in [0.2, 0.25) is 5.02 Å². The van der Waals surface area contributed by atoms with Crippen LogP contribution < -0.4 is 0 Å². The van der Waals surface area contributed by atoms with Gasteiger partial charge in [-0.2, -0.15) is 18.3 Å². The van der Waals surface area contributed by atoms with Crippen LogP contribution in [-0.4, -0.2) is 43.9 Å². The molecule has 4 rings (SSSR count). The van der Waals surface area contributed by atoms with Gasteiger partial charge in [-0.05, 0) is 80.4 Å². The molecule has 1 aliphatic heterocycles. The van der Waals surface area contributed by atoms with Gasteiger partial charge in [0.1, 0.15) is 5.60 Å². The highest BCUT2D eigenvalue weighted by atomic mass is 35.5. The number of hydrogen-bond donors (Lipinski definition) is 0. The summed E-state index contributed by atoms with van der Waals surface area (Å²) in [5.74, 6) is -0.850. The molecule has 206 valence electrons. The molecule has 0 N–H and O–H groups in total. The summed E-state index contributed by atoms with van der Waals surface area (Å²) >= 11 is 6.58. The molecule has 2 aromatic carbocycles. The van der Waals surface area contributed by atoms with E-state index in [-0.39, 0.29) is 41.4 Å². The molecule has 3 aromatic rings. The lowest BCUT2D eigenvalue weighted by molar-refractivity contribution is -0.155. The van der Waals surface area contributed by atoms with Gasteiger partial charge in [-0.3, -0.25) is 24.0 Å². The van der Waals surface area contributed by atoms with Gasteiger partial charge in [0.05, 0.1) is 28.7 Å². The fraction of sp³-hybridized carbons (Fsp3) is 0.333. The van der Waals surface area contributed by atoms with E-state index in [2.05, 4.69) is 5.10 Å². The molecule has 1 aromatic heterocycles. The van der Waals surface area contributed by atoms with Crippen LogP contribution in [-0.2, 0) is 27.0 Å². The van der Waals surface area contributed by atoms with Crippen molar-refractivity contribution < 1.29 is 32.3 Å². The van der Waals surface area contributed by atoms with E-state index >= 15 is 0 Å². The molecule has 0 atom stereocenters. The average Bonchev–Trinajstić information content (AvgIpc) is 3.33. The number of amides is 2. The number of rotatable bonds is 7. The number of esters is 1. The molecule has 12 heteroatoms. The van der Waals surface area contributed by atoms with Gasteiger partial charge in [0.2, 0.25) is 0 Å². The predicted molar refractivity (Wildman–Crippen MR) is 143 cm³/mol. The fourth-order valence-electron chi connectivity index (χ4n) is 4.05. The number of carbonyl (C=O) groups is 3. The van der Waals surface area contributed by atoms with Gasteiger partial charge in [0.15, 0.2) is 0 Å². The summed E-state index contributed by atoms with van der Waals surface area (Å²) in [6.45, 7) is 5.27. The molecular weight excluding hydrogens is 555 g/mol. The molecule has 2 heterocycles. The highest BCUT2D eigenvalue weighted by Crippen LogP contribution is 2.35. The smallest absolute Gasteiger partial charge is 0.416 e. The van der Waals surface area contributed by atoms with Crippen LogP contribution in [0.5, 0.6) is 0 Å². The molecule has 1 aliphatic rings. The number of nitrogens with zero attached hydrogens (tertiary/aromatic N) is 3. The number of aromatic nitrogens is 2. The Morgan fingerprint density at radius 2 is 1.87 bits per heavy atom. The van der Waals surface area contributed by atoms with Gasteiger partial charge in [-0.15, -0.1) is 0 Å². The van der Waals surface area contributed by atoms with E-state index in [0.29, 0.717) is 16.5 Å². The van der Waals surface area contributed by atoms with E-state index in [0.717, 1.165) is 22.7 Å². The number of ether oxygens (including phenoxy) is 1. The minimum Gasteiger partial charge on any atom is -0.460 e. The monoisotopic (exact) mass is 579 g/mol. The second-order valence-electron chi connectivity index (χ2n) is 9.94. The molecule has 0 saturated carbocycles. The van der Waals surface area contributed by atoms with Crippen molar-refractivity contribution in [2.75, 3.05) is 6.54 Å². The Bertz CT molecular complexity index is 1480. The van der Waals surface area contributed by atoms with E-state index in [9.17, 15) is 27.6 Å². The number of hydrogen-bond acceptors (Lipinski definition) is 6. The lowest BCUT2D eigenvalue weighted by Gasteiger charge is -2.19. The topological polar surface area (TPSA) is 81.5 Å². The summed E-state index contributed by atoms with van der Waals surface area (Å²) in [5, 5.41) is 4.47. The number of halogens is 4. The van der Waals surface area contributed by atoms with E-state index < -0.39 is 34.5 Å². The van der Waals surface area contributed by atoms with Crippen LogP contribution in [0.25, 0.3) is 17.0 Å². The summed E-state index contributed by atoms with van der Waals surface area (Å²) in [4.78, 5) is 38.5. The first-order valence-electron chi connectivity index (χ1n) is 12.0. The van der Waals surface area contributed by atoms with Crippen molar-refractivity contribution in [2.24, 2.45) is 0 Å². The zero-order valence-electron chi connectivity index (χ0n) is 21.3. The molecule has 0 bridgehead atoms. The Labute approximate surface area is 231 Å². The normalized spacial score (nSPS) is 15.6. The number of benzene rings is 2. The van der Waals surface area contributed by atoms with Crippen LogP contribution in [0.3, 0.4) is 0 Å². The van der Waals surface area contributed by atoms with E-state index in [4.69, 9.17) is 16.3 Å². The second-order valence-corrected chi connectivity index (χ2v) is 11.4. The quantitative estimate of drug-likeness (QED) is 0.223. The Morgan fingerprint density at radius 1 is 1.13 bits per heavy atom. The molecule has 1 saturated heterocycles. The van der Waals surface area contributed by atoms with Gasteiger partial charge in [-0.25, -0.2) is 0 Å². The molecule has 0 radical (unpaired) electrons. The maximum absolute atomic E-state index is 13.5. The molecule has 0 spiro atoms. The molecule has 0 unspecified atom stereocenters. The third-order valence-electron chi connectivity index (χ3n) is 5.72. The van der Waals surface area contributed by atoms with Crippen molar-refractivity contribution in [3.63, 3.8) is 0 Å². The first-order chi connectivity index (χ1) is 18.2. The maximum Gasteiger partial charge on any atom is 0.416 e. The van der Waals surface area contributed by atoms with Gasteiger partial charge in [-0.1, -0.05) is 23.7 Å². The standard InChI is InChI=1S/C27H25ClF3N3O4S/c1-26(2,3)38-23(35)5-4-10-33-24(36)22(39-25(33)37)12-16-6-9-21-18(11-16)14-32-34(21)15-17-7-8-19(28)13-20(17)27(29,30)31/h6-9,11-14H,4-5,10,15H2,1-3H3/b22-12+. The highest BCUT2D eigenvalue weighted by molar-refractivity contribution is 8.18. The number of carbonyl (C=O) groups excluding carboxylic acids is 3. The highest BCUT2D eigenvalue weighted by Gasteiger charge is 2.35. The lowest BCUT2D eigenvalue weighted by atomic mass is 10.1. The van der Waals surface area contributed by atoms with Crippen LogP contribution in [0.15, 0.2) is 47.5 Å². The van der Waals surface area contributed by atoms with E-state index in [1.165, 1.54) is 23.0 Å². The van der Waals surface area contributed by atoms with Crippen molar-refractivity contribution in [3.8, 4) is 0 Å². The molecule has 1 fully saturated rings. The number of fused-ring (bicyclic) bond motifs is 1. The Kier molecular flexibility index (Phi) is 8.13. The minimum absolute atomic E-state index is 0.00602.